The van der Waals surface area contributed by atoms with Crippen LogP contribution in [0.25, 0.3) is 0 Å². The molecule has 31 heavy (non-hydrogen) atoms. The lowest BCUT2D eigenvalue weighted by Gasteiger charge is -2.28. The topological polar surface area (TPSA) is 65.1 Å². The molecule has 2 heterocycles. The van der Waals surface area contributed by atoms with E-state index >= 15 is 0 Å². The fraction of sp³-hybridized carbons (Fsp3) is 0.364. The van der Waals surface area contributed by atoms with Gasteiger partial charge in [-0.05, 0) is 49.4 Å². The predicted octanol–water partition coefficient (Wildman–Crippen LogP) is 4.08. The molecule has 0 aromatic heterocycles. The van der Waals surface area contributed by atoms with Crippen molar-refractivity contribution in [1.82, 2.24) is 5.06 Å². The van der Waals surface area contributed by atoms with Gasteiger partial charge in [0, 0.05) is 11.6 Å². The first-order valence-corrected chi connectivity index (χ1v) is 9.88. The molecule has 2 aliphatic heterocycles. The molecule has 1 fully saturated rings. The molecule has 0 N–H and O–H groups in total. The summed E-state index contributed by atoms with van der Waals surface area (Å²) in [5, 5.41) is 0.936. The quantitative estimate of drug-likeness (QED) is 0.637. The SMILES string of the molecule is O=C(c1ccc2c(c1)OCO2)C1CCC(CCc2ccccc2)N1OC(=O)C(F)(F)F. The van der Waals surface area contributed by atoms with Crippen LogP contribution >= 0.6 is 0 Å². The number of aryl methyl sites for hydroxylation is 1. The van der Waals surface area contributed by atoms with Crippen LogP contribution in [0.3, 0.4) is 0 Å². The van der Waals surface area contributed by atoms with Gasteiger partial charge in [0.1, 0.15) is 6.04 Å². The summed E-state index contributed by atoms with van der Waals surface area (Å²) in [7, 11) is 0. The summed E-state index contributed by atoms with van der Waals surface area (Å²) in [6, 6.07) is 12.5. The summed E-state index contributed by atoms with van der Waals surface area (Å²) in [5.41, 5.74) is 1.26. The molecule has 2 aromatic rings. The Bertz CT molecular complexity index is 963. The third-order valence-electron chi connectivity index (χ3n) is 5.43. The number of ketones is 1. The van der Waals surface area contributed by atoms with E-state index in [4.69, 9.17) is 14.3 Å². The van der Waals surface area contributed by atoms with Crippen LogP contribution in [0.1, 0.15) is 35.2 Å². The maximum Gasteiger partial charge on any atom is 0.492 e. The highest BCUT2D eigenvalue weighted by molar-refractivity contribution is 6.01. The minimum atomic E-state index is -5.15. The van der Waals surface area contributed by atoms with E-state index in [0.29, 0.717) is 30.8 Å². The number of nitrogens with zero attached hydrogens (tertiary/aromatic N) is 1. The molecule has 0 saturated carbocycles. The van der Waals surface area contributed by atoms with Gasteiger partial charge in [-0.2, -0.15) is 13.2 Å². The smallest absolute Gasteiger partial charge is 0.454 e. The molecule has 6 nitrogen and oxygen atoms in total. The molecule has 2 aromatic carbocycles. The van der Waals surface area contributed by atoms with Crippen molar-refractivity contribution in [3.05, 3.63) is 59.7 Å². The van der Waals surface area contributed by atoms with Gasteiger partial charge < -0.3 is 14.3 Å². The number of Topliss-reactive ketones (excluding diaryl/α,β-unsaturated/α-hetero) is 1. The summed E-state index contributed by atoms with van der Waals surface area (Å²) in [5.74, 6) is -1.88. The summed E-state index contributed by atoms with van der Waals surface area (Å²) in [6.07, 6.45) is -3.42. The van der Waals surface area contributed by atoms with Crippen LogP contribution in [0.2, 0.25) is 0 Å². The number of hydroxylamine groups is 2. The van der Waals surface area contributed by atoms with Gasteiger partial charge in [-0.1, -0.05) is 30.3 Å². The number of hydrogen-bond donors (Lipinski definition) is 0. The maximum atomic E-state index is 13.1. The third kappa shape index (κ3) is 4.66. The summed E-state index contributed by atoms with van der Waals surface area (Å²) in [4.78, 5) is 29.4. The summed E-state index contributed by atoms with van der Waals surface area (Å²) in [6.45, 7) is 0.0350. The molecule has 2 unspecified atom stereocenters. The van der Waals surface area contributed by atoms with Crippen LogP contribution < -0.4 is 9.47 Å². The summed E-state index contributed by atoms with van der Waals surface area (Å²) >= 11 is 0. The molecular formula is C22H20F3NO5. The minimum absolute atomic E-state index is 0.0350. The Balaban J connectivity index is 1.53. The van der Waals surface area contributed by atoms with E-state index in [1.54, 1.807) is 6.07 Å². The van der Waals surface area contributed by atoms with Crippen LogP contribution in [0.4, 0.5) is 13.2 Å². The Kier molecular flexibility index (Phi) is 5.86. The predicted molar refractivity (Wildman–Crippen MR) is 102 cm³/mol. The zero-order chi connectivity index (χ0) is 22.0. The van der Waals surface area contributed by atoms with E-state index in [9.17, 15) is 22.8 Å². The largest absolute Gasteiger partial charge is 0.492 e. The molecule has 9 heteroatoms. The Morgan fingerprint density at radius 2 is 1.77 bits per heavy atom. The van der Waals surface area contributed by atoms with Crippen molar-refractivity contribution in [2.24, 2.45) is 0 Å². The van der Waals surface area contributed by atoms with E-state index in [1.807, 2.05) is 30.3 Å². The molecule has 1 saturated heterocycles. The first-order valence-electron chi connectivity index (χ1n) is 9.88. The lowest BCUT2D eigenvalue weighted by Crippen LogP contribution is -2.45. The van der Waals surface area contributed by atoms with E-state index in [0.717, 1.165) is 10.6 Å². The fourth-order valence-electron chi connectivity index (χ4n) is 3.88. The van der Waals surface area contributed by atoms with Gasteiger partial charge in [-0.25, -0.2) is 4.79 Å². The average Bonchev–Trinajstić information content (AvgIpc) is 3.38. The van der Waals surface area contributed by atoms with E-state index in [1.165, 1.54) is 12.1 Å². The minimum Gasteiger partial charge on any atom is -0.454 e. The van der Waals surface area contributed by atoms with Gasteiger partial charge in [-0.15, -0.1) is 5.06 Å². The molecule has 0 amide bonds. The number of ether oxygens (including phenoxy) is 2. The highest BCUT2D eigenvalue weighted by Crippen LogP contribution is 2.36. The van der Waals surface area contributed by atoms with Gasteiger partial charge in [0.05, 0.1) is 0 Å². The van der Waals surface area contributed by atoms with E-state index in [-0.39, 0.29) is 18.8 Å². The molecule has 2 aliphatic rings. The van der Waals surface area contributed by atoms with Crippen molar-refractivity contribution >= 4 is 11.8 Å². The first kappa shape index (κ1) is 21.2. The van der Waals surface area contributed by atoms with Crippen LogP contribution in [0, 0.1) is 0 Å². The Hall–Kier alpha value is -3.07. The molecule has 0 radical (unpaired) electrons. The highest BCUT2D eigenvalue weighted by atomic mass is 19.4. The Labute approximate surface area is 176 Å². The van der Waals surface area contributed by atoms with Crippen molar-refractivity contribution in [3.63, 3.8) is 0 Å². The second-order valence-electron chi connectivity index (χ2n) is 7.44. The number of carbonyl (C=O) groups is 2. The number of halogens is 3. The van der Waals surface area contributed by atoms with Crippen LogP contribution in [-0.2, 0) is 16.1 Å². The van der Waals surface area contributed by atoms with Crippen molar-refractivity contribution in [1.29, 1.82) is 0 Å². The fourth-order valence-corrected chi connectivity index (χ4v) is 3.88. The van der Waals surface area contributed by atoms with E-state index in [2.05, 4.69) is 0 Å². The molecule has 0 bridgehead atoms. The highest BCUT2D eigenvalue weighted by Gasteiger charge is 2.47. The number of carbonyl (C=O) groups excluding carboxylic acids is 2. The van der Waals surface area contributed by atoms with Crippen molar-refractivity contribution < 1.29 is 37.1 Å². The Morgan fingerprint density at radius 1 is 1.03 bits per heavy atom. The molecular weight excluding hydrogens is 415 g/mol. The van der Waals surface area contributed by atoms with Crippen molar-refractivity contribution in [3.8, 4) is 11.5 Å². The lowest BCUT2D eigenvalue weighted by atomic mass is 10.0. The van der Waals surface area contributed by atoms with Gasteiger partial charge in [0.2, 0.25) is 6.79 Å². The van der Waals surface area contributed by atoms with E-state index < -0.39 is 30.0 Å². The number of hydrogen-bond acceptors (Lipinski definition) is 6. The molecule has 2 atom stereocenters. The molecule has 164 valence electrons. The zero-order valence-corrected chi connectivity index (χ0v) is 16.4. The standard InChI is InChI=1S/C22H20F3NO5/c23-22(24,25)21(28)31-26-16(8-6-14-4-2-1-3-5-14)9-10-17(26)20(27)15-7-11-18-19(12-15)30-13-29-18/h1-5,7,11-12,16-17H,6,8-10,13H2. The normalized spacial score (nSPS) is 20.6. The number of benzene rings is 2. The van der Waals surface area contributed by atoms with Gasteiger partial charge in [0.25, 0.3) is 0 Å². The third-order valence-corrected chi connectivity index (χ3v) is 5.43. The summed E-state index contributed by atoms with van der Waals surface area (Å²) < 4.78 is 49.1. The van der Waals surface area contributed by atoms with Gasteiger partial charge in [0.15, 0.2) is 17.3 Å². The number of rotatable bonds is 6. The monoisotopic (exact) mass is 435 g/mol. The maximum absolute atomic E-state index is 13.1. The van der Waals surface area contributed by atoms with Crippen molar-refractivity contribution in [2.45, 2.75) is 43.9 Å². The second-order valence-corrected chi connectivity index (χ2v) is 7.44. The molecule has 0 spiro atoms. The molecule has 0 aliphatic carbocycles. The second kappa shape index (κ2) is 8.58. The van der Waals surface area contributed by atoms with Gasteiger partial charge in [-0.3, -0.25) is 4.79 Å². The van der Waals surface area contributed by atoms with Crippen LogP contribution in [0.15, 0.2) is 48.5 Å². The Morgan fingerprint density at radius 3 is 2.52 bits per heavy atom. The lowest BCUT2D eigenvalue weighted by molar-refractivity contribution is -0.245. The average molecular weight is 435 g/mol. The molecule has 4 rings (SSSR count). The zero-order valence-electron chi connectivity index (χ0n) is 16.4. The first-order chi connectivity index (χ1) is 14.8. The van der Waals surface area contributed by atoms with Gasteiger partial charge >= 0.3 is 12.1 Å². The van der Waals surface area contributed by atoms with Crippen LogP contribution in [0.5, 0.6) is 11.5 Å². The number of fused-ring (bicyclic) bond motifs is 1. The van der Waals surface area contributed by atoms with Crippen LogP contribution in [-0.4, -0.2) is 41.9 Å². The number of alkyl halides is 3. The van der Waals surface area contributed by atoms with Crippen molar-refractivity contribution in [2.75, 3.05) is 6.79 Å².